The van der Waals surface area contributed by atoms with Gasteiger partial charge in [-0.15, -0.1) is 0 Å². The van der Waals surface area contributed by atoms with Crippen LogP contribution in [0.4, 0.5) is 0 Å². The summed E-state index contributed by atoms with van der Waals surface area (Å²) in [5.74, 6) is 1.90. The predicted octanol–water partition coefficient (Wildman–Crippen LogP) is 10.2. The summed E-state index contributed by atoms with van der Waals surface area (Å²) in [5.41, 5.74) is 8.12. The van der Waals surface area contributed by atoms with Crippen LogP contribution in [0.3, 0.4) is 0 Å². The average Bonchev–Trinajstić information content (AvgIpc) is 3.12. The van der Waals surface area contributed by atoms with Crippen molar-refractivity contribution in [1.82, 2.24) is 19.9 Å². The fourth-order valence-electron chi connectivity index (χ4n) is 5.95. The van der Waals surface area contributed by atoms with Gasteiger partial charge in [0, 0.05) is 34.1 Å². The smallest absolute Gasteiger partial charge is 0.164 e. The van der Waals surface area contributed by atoms with E-state index in [-0.39, 0.29) is 0 Å². The summed E-state index contributed by atoms with van der Waals surface area (Å²) in [4.78, 5) is 19.6. The average molecular weight is 577 g/mol. The standard InChI is InChI=1S/C41H28N4/c1-27-20-21-31(26-42-27)32-22-33(38-25-30-16-8-9-17-35(30)36-18-10-11-19-37(36)38)24-34(23-32)41-44-39(28-12-4-2-5-13-28)43-40(45-41)29-14-6-3-7-15-29/h2-26H,1H3. The van der Waals surface area contributed by atoms with Gasteiger partial charge in [-0.05, 0) is 75.5 Å². The van der Waals surface area contributed by atoms with Crippen molar-refractivity contribution in [3.8, 4) is 56.4 Å². The highest BCUT2D eigenvalue weighted by Crippen LogP contribution is 2.39. The van der Waals surface area contributed by atoms with Gasteiger partial charge < -0.3 is 0 Å². The lowest BCUT2D eigenvalue weighted by Crippen LogP contribution is -2.00. The Hall–Kier alpha value is -6.00. The Morgan fingerprint density at radius 2 is 0.911 bits per heavy atom. The molecule has 0 spiro atoms. The second kappa shape index (κ2) is 11.3. The zero-order valence-corrected chi connectivity index (χ0v) is 24.7. The first kappa shape index (κ1) is 26.6. The minimum atomic E-state index is 0.621. The molecular formula is C41H28N4. The highest BCUT2D eigenvalue weighted by atomic mass is 15.0. The van der Waals surface area contributed by atoms with Crippen molar-refractivity contribution < 1.29 is 0 Å². The number of nitrogens with zero attached hydrogens (tertiary/aromatic N) is 4. The maximum absolute atomic E-state index is 5.06. The van der Waals surface area contributed by atoms with E-state index < -0.39 is 0 Å². The molecule has 2 heterocycles. The third kappa shape index (κ3) is 5.13. The minimum Gasteiger partial charge on any atom is -0.261 e. The quantitative estimate of drug-likeness (QED) is 0.191. The van der Waals surface area contributed by atoms with Gasteiger partial charge >= 0.3 is 0 Å². The second-order valence-corrected chi connectivity index (χ2v) is 11.2. The van der Waals surface area contributed by atoms with Gasteiger partial charge in [0.05, 0.1) is 0 Å². The first-order valence-corrected chi connectivity index (χ1v) is 15.1. The molecule has 4 heteroatoms. The number of hydrogen-bond donors (Lipinski definition) is 0. The zero-order valence-electron chi connectivity index (χ0n) is 24.7. The van der Waals surface area contributed by atoms with Crippen LogP contribution in [0.5, 0.6) is 0 Å². The van der Waals surface area contributed by atoms with Crippen LogP contribution in [0.15, 0.2) is 152 Å². The van der Waals surface area contributed by atoms with Crippen molar-refractivity contribution in [2.45, 2.75) is 6.92 Å². The number of aryl methyl sites for hydroxylation is 1. The van der Waals surface area contributed by atoms with Crippen molar-refractivity contribution in [3.63, 3.8) is 0 Å². The van der Waals surface area contributed by atoms with Gasteiger partial charge in [-0.2, -0.15) is 0 Å². The monoisotopic (exact) mass is 576 g/mol. The molecule has 8 rings (SSSR count). The molecule has 0 aliphatic rings. The number of aromatic nitrogens is 4. The van der Waals surface area contributed by atoms with Crippen LogP contribution in [0.25, 0.3) is 78.0 Å². The molecule has 0 fully saturated rings. The van der Waals surface area contributed by atoms with Crippen molar-refractivity contribution in [3.05, 3.63) is 157 Å². The largest absolute Gasteiger partial charge is 0.261 e. The maximum Gasteiger partial charge on any atom is 0.164 e. The molecule has 0 aliphatic heterocycles. The van der Waals surface area contributed by atoms with E-state index in [0.29, 0.717) is 17.5 Å². The Morgan fingerprint density at radius 3 is 1.56 bits per heavy atom. The van der Waals surface area contributed by atoms with Crippen LogP contribution in [0, 0.1) is 6.92 Å². The molecule has 0 N–H and O–H groups in total. The molecular weight excluding hydrogens is 548 g/mol. The maximum atomic E-state index is 5.06. The molecule has 0 radical (unpaired) electrons. The third-order valence-corrected chi connectivity index (χ3v) is 8.21. The summed E-state index contributed by atoms with van der Waals surface area (Å²) >= 11 is 0. The first-order chi connectivity index (χ1) is 22.2. The second-order valence-electron chi connectivity index (χ2n) is 11.2. The molecule has 0 saturated heterocycles. The van der Waals surface area contributed by atoms with E-state index in [1.165, 1.54) is 21.5 Å². The molecule has 0 atom stereocenters. The predicted molar refractivity (Wildman–Crippen MR) is 185 cm³/mol. The normalized spacial score (nSPS) is 11.2. The molecule has 4 nitrogen and oxygen atoms in total. The fourth-order valence-corrected chi connectivity index (χ4v) is 5.95. The van der Waals surface area contributed by atoms with Gasteiger partial charge in [0.25, 0.3) is 0 Å². The molecule has 212 valence electrons. The molecule has 0 bridgehead atoms. The zero-order chi connectivity index (χ0) is 30.2. The van der Waals surface area contributed by atoms with E-state index in [9.17, 15) is 0 Å². The van der Waals surface area contributed by atoms with E-state index in [1.807, 2.05) is 73.8 Å². The Morgan fingerprint density at radius 1 is 0.378 bits per heavy atom. The lowest BCUT2D eigenvalue weighted by molar-refractivity contribution is 1.07. The summed E-state index contributed by atoms with van der Waals surface area (Å²) in [7, 11) is 0. The number of pyridine rings is 1. The number of fused-ring (bicyclic) bond motifs is 3. The molecule has 2 aromatic heterocycles. The van der Waals surface area contributed by atoms with Gasteiger partial charge in [-0.3, -0.25) is 4.98 Å². The summed E-state index contributed by atoms with van der Waals surface area (Å²) in [6, 6.07) is 50.5. The van der Waals surface area contributed by atoms with Crippen LogP contribution >= 0.6 is 0 Å². The molecule has 8 aromatic rings. The number of rotatable bonds is 5. The Kier molecular flexibility index (Phi) is 6.65. The highest BCUT2D eigenvalue weighted by molar-refractivity contribution is 6.14. The summed E-state index contributed by atoms with van der Waals surface area (Å²) in [6.45, 7) is 2.01. The third-order valence-electron chi connectivity index (χ3n) is 8.21. The topological polar surface area (TPSA) is 51.6 Å². The van der Waals surface area contributed by atoms with Crippen LogP contribution in [-0.2, 0) is 0 Å². The van der Waals surface area contributed by atoms with Gasteiger partial charge in [0.15, 0.2) is 17.5 Å². The molecule has 0 unspecified atom stereocenters. The minimum absolute atomic E-state index is 0.621. The molecule has 0 aliphatic carbocycles. The first-order valence-electron chi connectivity index (χ1n) is 15.1. The van der Waals surface area contributed by atoms with Crippen LogP contribution in [0.1, 0.15) is 5.69 Å². The molecule has 0 saturated carbocycles. The lowest BCUT2D eigenvalue weighted by atomic mass is 9.90. The van der Waals surface area contributed by atoms with E-state index in [4.69, 9.17) is 15.0 Å². The number of benzene rings is 6. The van der Waals surface area contributed by atoms with Crippen LogP contribution in [-0.4, -0.2) is 19.9 Å². The Balaban J connectivity index is 1.41. The molecule has 0 amide bonds. The summed E-state index contributed by atoms with van der Waals surface area (Å²) in [6.07, 6.45) is 1.94. The highest BCUT2D eigenvalue weighted by Gasteiger charge is 2.16. The van der Waals surface area contributed by atoms with Gasteiger partial charge in [-0.1, -0.05) is 115 Å². The molecule has 6 aromatic carbocycles. The van der Waals surface area contributed by atoms with Gasteiger partial charge in [0.2, 0.25) is 0 Å². The SMILES string of the molecule is Cc1ccc(-c2cc(-c3nc(-c4ccccc4)nc(-c4ccccc4)n3)cc(-c3cc4ccccc4c4ccccc34)c2)cn1. The van der Waals surface area contributed by atoms with Crippen molar-refractivity contribution in [2.24, 2.45) is 0 Å². The summed E-state index contributed by atoms with van der Waals surface area (Å²) < 4.78 is 0. The van der Waals surface area contributed by atoms with E-state index in [1.54, 1.807) is 0 Å². The van der Waals surface area contributed by atoms with Gasteiger partial charge in [-0.25, -0.2) is 15.0 Å². The fraction of sp³-hybridized carbons (Fsp3) is 0.0244. The van der Waals surface area contributed by atoms with Crippen LogP contribution < -0.4 is 0 Å². The van der Waals surface area contributed by atoms with Crippen molar-refractivity contribution in [1.29, 1.82) is 0 Å². The summed E-state index contributed by atoms with van der Waals surface area (Å²) in [5, 5.41) is 4.88. The Labute approximate surface area is 261 Å². The van der Waals surface area contributed by atoms with Crippen LogP contribution in [0.2, 0.25) is 0 Å². The van der Waals surface area contributed by atoms with E-state index >= 15 is 0 Å². The van der Waals surface area contributed by atoms with Crippen molar-refractivity contribution in [2.75, 3.05) is 0 Å². The van der Waals surface area contributed by atoms with Gasteiger partial charge in [0.1, 0.15) is 0 Å². The van der Waals surface area contributed by atoms with E-state index in [0.717, 1.165) is 44.6 Å². The van der Waals surface area contributed by atoms with E-state index in [2.05, 4.69) is 89.9 Å². The number of hydrogen-bond acceptors (Lipinski definition) is 4. The van der Waals surface area contributed by atoms with Crippen molar-refractivity contribution >= 4 is 21.5 Å². The molecule has 45 heavy (non-hydrogen) atoms. The Bertz CT molecular complexity index is 2250. The lowest BCUT2D eigenvalue weighted by Gasteiger charge is -2.15.